The first-order valence-electron chi connectivity index (χ1n) is 6.29. The number of rotatable bonds is 2. The van der Waals surface area contributed by atoms with Crippen molar-refractivity contribution < 1.29 is 8.42 Å². The summed E-state index contributed by atoms with van der Waals surface area (Å²) >= 11 is 3.32. The van der Waals surface area contributed by atoms with E-state index in [-0.39, 0.29) is 0 Å². The Hall–Kier alpha value is -0.590. The monoisotopic (exact) mass is 346 g/mol. The molecule has 0 saturated carbocycles. The molecule has 1 fully saturated rings. The van der Waals surface area contributed by atoms with Gasteiger partial charge in [-0.05, 0) is 52.4 Å². The maximum atomic E-state index is 12.7. The third-order valence-electron chi connectivity index (χ3n) is 3.87. The van der Waals surface area contributed by atoms with Gasteiger partial charge in [0.2, 0.25) is 10.0 Å². The second-order valence-corrected chi connectivity index (χ2v) is 8.18. The van der Waals surface area contributed by atoms with Crippen LogP contribution in [0.1, 0.15) is 19.4 Å². The van der Waals surface area contributed by atoms with Crippen molar-refractivity contribution in [3.8, 4) is 0 Å². The van der Waals surface area contributed by atoms with Crippen LogP contribution in [0.5, 0.6) is 0 Å². The fourth-order valence-corrected chi connectivity index (χ4v) is 4.70. The van der Waals surface area contributed by atoms with Crippen molar-refractivity contribution in [3.63, 3.8) is 0 Å². The van der Waals surface area contributed by atoms with E-state index in [2.05, 4.69) is 29.8 Å². The molecule has 1 saturated heterocycles. The lowest BCUT2D eigenvalue weighted by atomic mass is 10.0. The van der Waals surface area contributed by atoms with Crippen LogP contribution in [0.25, 0.3) is 0 Å². The Morgan fingerprint density at radius 2 is 1.79 bits per heavy atom. The van der Waals surface area contributed by atoms with Gasteiger partial charge < -0.3 is 5.73 Å². The minimum absolute atomic E-state index is 0.314. The zero-order valence-corrected chi connectivity index (χ0v) is 13.8. The van der Waals surface area contributed by atoms with Gasteiger partial charge in [0.05, 0.1) is 4.90 Å². The third kappa shape index (κ3) is 2.66. The summed E-state index contributed by atoms with van der Waals surface area (Å²) in [6, 6.07) is 3.30. The second-order valence-electron chi connectivity index (χ2n) is 5.42. The van der Waals surface area contributed by atoms with E-state index in [4.69, 9.17) is 5.73 Å². The fraction of sp³-hybridized carbons (Fsp3) is 0.538. The minimum atomic E-state index is -3.44. The van der Waals surface area contributed by atoms with Crippen LogP contribution < -0.4 is 5.73 Å². The lowest BCUT2D eigenvalue weighted by molar-refractivity contribution is 0.463. The number of benzene rings is 1. The number of hydrogen-bond acceptors (Lipinski definition) is 3. The molecule has 4 nitrogen and oxygen atoms in total. The average Bonchev–Trinajstić information content (AvgIpc) is 2.65. The lowest BCUT2D eigenvalue weighted by Gasteiger charge is -2.18. The summed E-state index contributed by atoms with van der Waals surface area (Å²) in [5.74, 6) is 0.783. The molecule has 0 radical (unpaired) electrons. The molecule has 1 aliphatic heterocycles. The van der Waals surface area contributed by atoms with Crippen molar-refractivity contribution in [1.82, 2.24) is 4.31 Å². The van der Waals surface area contributed by atoms with Crippen molar-refractivity contribution in [2.45, 2.75) is 25.7 Å². The van der Waals surface area contributed by atoms with Crippen molar-refractivity contribution in [2.24, 2.45) is 11.8 Å². The maximum Gasteiger partial charge on any atom is 0.243 e. The standard InChI is InChI=1S/C13H19BrN2O2S/c1-8-4-11(14)12(15)5-13(8)19(17,18)16-6-9(2)10(3)7-16/h4-5,9-10H,6-7,15H2,1-3H3. The Bertz CT molecular complexity index is 591. The molecule has 0 amide bonds. The predicted octanol–water partition coefficient (Wildman–Crippen LogP) is 2.62. The first-order chi connectivity index (χ1) is 8.73. The number of aryl methyl sites for hydroxylation is 1. The van der Waals surface area contributed by atoms with Crippen molar-refractivity contribution >= 4 is 31.6 Å². The van der Waals surface area contributed by atoms with Crippen LogP contribution in [-0.2, 0) is 10.0 Å². The molecule has 106 valence electrons. The summed E-state index contributed by atoms with van der Waals surface area (Å²) in [7, 11) is -3.44. The Labute approximate surface area is 123 Å². The summed E-state index contributed by atoms with van der Waals surface area (Å²) in [6.45, 7) is 7.13. The summed E-state index contributed by atoms with van der Waals surface area (Å²) in [4.78, 5) is 0.314. The highest BCUT2D eigenvalue weighted by Gasteiger charge is 2.35. The van der Waals surface area contributed by atoms with Gasteiger partial charge >= 0.3 is 0 Å². The second kappa shape index (κ2) is 5.07. The number of nitrogens with zero attached hydrogens (tertiary/aromatic N) is 1. The number of halogens is 1. The first kappa shape index (κ1) is 14.8. The molecule has 2 unspecified atom stereocenters. The van der Waals surface area contributed by atoms with Gasteiger partial charge in [-0.3, -0.25) is 0 Å². The van der Waals surface area contributed by atoms with E-state index in [9.17, 15) is 8.42 Å². The molecule has 2 N–H and O–H groups in total. The topological polar surface area (TPSA) is 63.4 Å². The van der Waals surface area contributed by atoms with Crippen LogP contribution >= 0.6 is 15.9 Å². The van der Waals surface area contributed by atoms with Crippen LogP contribution in [0.4, 0.5) is 5.69 Å². The summed E-state index contributed by atoms with van der Waals surface area (Å²) in [5.41, 5.74) is 6.97. The highest BCUT2D eigenvalue weighted by atomic mass is 79.9. The molecule has 2 rings (SSSR count). The van der Waals surface area contributed by atoms with E-state index < -0.39 is 10.0 Å². The Balaban J connectivity index is 2.43. The van der Waals surface area contributed by atoms with E-state index in [0.717, 1.165) is 4.47 Å². The molecule has 1 aromatic carbocycles. The van der Waals surface area contributed by atoms with Crippen molar-refractivity contribution in [1.29, 1.82) is 0 Å². The highest BCUT2D eigenvalue weighted by Crippen LogP contribution is 2.32. The van der Waals surface area contributed by atoms with Crippen LogP contribution in [0.3, 0.4) is 0 Å². The summed E-state index contributed by atoms with van der Waals surface area (Å²) in [6.07, 6.45) is 0. The quantitative estimate of drug-likeness (QED) is 0.837. The molecular formula is C13H19BrN2O2S. The molecule has 0 aliphatic carbocycles. The Kier molecular flexibility index (Phi) is 3.95. The number of anilines is 1. The predicted molar refractivity (Wildman–Crippen MR) is 80.4 cm³/mol. The van der Waals surface area contributed by atoms with Crippen molar-refractivity contribution in [3.05, 3.63) is 22.2 Å². The van der Waals surface area contributed by atoms with E-state index in [1.807, 2.05) is 0 Å². The van der Waals surface area contributed by atoms with E-state index >= 15 is 0 Å². The lowest BCUT2D eigenvalue weighted by Crippen LogP contribution is -2.29. The van der Waals surface area contributed by atoms with E-state index in [1.165, 1.54) is 0 Å². The number of hydrogen-bond donors (Lipinski definition) is 1. The van der Waals surface area contributed by atoms with Gasteiger partial charge in [0, 0.05) is 23.2 Å². The molecular weight excluding hydrogens is 328 g/mol. The van der Waals surface area contributed by atoms with Gasteiger partial charge in [0.25, 0.3) is 0 Å². The number of nitrogen functional groups attached to an aromatic ring is 1. The van der Waals surface area contributed by atoms with Gasteiger partial charge in [0.15, 0.2) is 0 Å². The van der Waals surface area contributed by atoms with Gasteiger partial charge in [-0.2, -0.15) is 4.31 Å². The Morgan fingerprint density at radius 3 is 2.32 bits per heavy atom. The molecule has 19 heavy (non-hydrogen) atoms. The van der Waals surface area contributed by atoms with Gasteiger partial charge in [-0.15, -0.1) is 0 Å². The largest absolute Gasteiger partial charge is 0.398 e. The van der Waals surface area contributed by atoms with Crippen LogP contribution in [0, 0.1) is 18.8 Å². The zero-order chi connectivity index (χ0) is 14.4. The van der Waals surface area contributed by atoms with Crippen LogP contribution in [-0.4, -0.2) is 25.8 Å². The summed E-state index contributed by atoms with van der Waals surface area (Å²) in [5, 5.41) is 0. The van der Waals surface area contributed by atoms with Crippen LogP contribution in [0.15, 0.2) is 21.5 Å². The number of sulfonamides is 1. The zero-order valence-electron chi connectivity index (χ0n) is 11.4. The third-order valence-corrected chi connectivity index (χ3v) is 6.53. The molecule has 0 spiro atoms. The van der Waals surface area contributed by atoms with Crippen LogP contribution in [0.2, 0.25) is 0 Å². The molecule has 0 bridgehead atoms. The van der Waals surface area contributed by atoms with Crippen molar-refractivity contribution in [2.75, 3.05) is 18.8 Å². The van der Waals surface area contributed by atoms with E-state index in [1.54, 1.807) is 23.4 Å². The normalized spacial score (nSPS) is 24.8. The fourth-order valence-electron chi connectivity index (χ4n) is 2.36. The van der Waals surface area contributed by atoms with Gasteiger partial charge in [-0.1, -0.05) is 13.8 Å². The number of nitrogens with two attached hydrogens (primary N) is 1. The summed E-state index contributed by atoms with van der Waals surface area (Å²) < 4.78 is 27.6. The highest BCUT2D eigenvalue weighted by molar-refractivity contribution is 9.10. The molecule has 2 atom stereocenters. The SMILES string of the molecule is Cc1cc(Br)c(N)cc1S(=O)(=O)N1CC(C)C(C)C1. The molecule has 1 aliphatic rings. The van der Waals surface area contributed by atoms with Gasteiger partial charge in [0.1, 0.15) is 0 Å². The molecule has 1 aromatic rings. The van der Waals surface area contributed by atoms with Gasteiger partial charge in [-0.25, -0.2) is 8.42 Å². The van der Waals surface area contributed by atoms with E-state index in [0.29, 0.717) is 41.1 Å². The Morgan fingerprint density at radius 1 is 1.26 bits per heavy atom. The molecule has 1 heterocycles. The average molecular weight is 347 g/mol. The first-order valence-corrected chi connectivity index (χ1v) is 8.52. The smallest absolute Gasteiger partial charge is 0.243 e. The molecule has 0 aromatic heterocycles. The molecule has 6 heteroatoms. The maximum absolute atomic E-state index is 12.7. The minimum Gasteiger partial charge on any atom is -0.398 e.